The zero-order valence-electron chi connectivity index (χ0n) is 13.0. The molecule has 1 N–H and O–H groups in total. The number of imidazole rings is 1. The number of para-hydroxylation sites is 2. The molecule has 21 heavy (non-hydrogen) atoms. The summed E-state index contributed by atoms with van der Waals surface area (Å²) < 4.78 is 8.19. The fourth-order valence-corrected chi connectivity index (χ4v) is 3.25. The van der Waals surface area contributed by atoms with Gasteiger partial charge in [-0.05, 0) is 37.9 Å². The molecule has 0 bridgehead atoms. The highest BCUT2D eigenvalue weighted by molar-refractivity contribution is 5.75. The monoisotopic (exact) mass is 287 g/mol. The van der Waals surface area contributed by atoms with E-state index in [9.17, 15) is 0 Å². The molecule has 0 radical (unpaired) electrons. The first-order valence-electron chi connectivity index (χ1n) is 8.05. The normalized spacial score (nSPS) is 20.8. The van der Waals surface area contributed by atoms with Crippen molar-refractivity contribution in [3.8, 4) is 0 Å². The van der Waals surface area contributed by atoms with E-state index in [2.05, 4.69) is 42.1 Å². The molecule has 1 aromatic carbocycles. The SMILES string of the molecule is CCNC(Cc1nc2ccccc2n1C)C1CCCCO1. The molecule has 0 saturated carbocycles. The van der Waals surface area contributed by atoms with Crippen LogP contribution in [0.15, 0.2) is 24.3 Å². The van der Waals surface area contributed by atoms with Crippen molar-refractivity contribution < 1.29 is 4.74 Å². The molecule has 0 spiro atoms. The van der Waals surface area contributed by atoms with Crippen molar-refractivity contribution >= 4 is 11.0 Å². The predicted octanol–water partition coefficient (Wildman–Crippen LogP) is 2.66. The van der Waals surface area contributed by atoms with Crippen LogP contribution >= 0.6 is 0 Å². The number of ether oxygens (including phenoxy) is 1. The molecular weight excluding hydrogens is 262 g/mol. The zero-order chi connectivity index (χ0) is 14.7. The molecule has 2 atom stereocenters. The van der Waals surface area contributed by atoms with Crippen LogP contribution in [-0.4, -0.2) is 34.8 Å². The number of aryl methyl sites for hydroxylation is 1. The second-order valence-corrected chi connectivity index (χ2v) is 5.85. The molecule has 0 aliphatic carbocycles. The van der Waals surface area contributed by atoms with Gasteiger partial charge in [0.25, 0.3) is 0 Å². The largest absolute Gasteiger partial charge is 0.377 e. The molecular formula is C17H25N3O. The van der Waals surface area contributed by atoms with E-state index >= 15 is 0 Å². The van der Waals surface area contributed by atoms with Crippen LogP contribution in [0.5, 0.6) is 0 Å². The molecule has 2 heterocycles. The third-order valence-corrected chi connectivity index (χ3v) is 4.41. The number of nitrogens with one attached hydrogen (secondary N) is 1. The van der Waals surface area contributed by atoms with Crippen molar-refractivity contribution in [1.29, 1.82) is 0 Å². The van der Waals surface area contributed by atoms with E-state index < -0.39 is 0 Å². The summed E-state index contributed by atoms with van der Waals surface area (Å²) in [5.74, 6) is 1.14. The van der Waals surface area contributed by atoms with Gasteiger partial charge in [0.2, 0.25) is 0 Å². The van der Waals surface area contributed by atoms with E-state index in [1.165, 1.54) is 18.4 Å². The van der Waals surface area contributed by atoms with Gasteiger partial charge in [-0.25, -0.2) is 4.98 Å². The quantitative estimate of drug-likeness (QED) is 0.919. The Bertz CT molecular complexity index is 587. The van der Waals surface area contributed by atoms with Crippen molar-refractivity contribution in [2.75, 3.05) is 13.2 Å². The molecule has 114 valence electrons. The Morgan fingerprint density at radius 2 is 2.24 bits per heavy atom. The average molecular weight is 287 g/mol. The van der Waals surface area contributed by atoms with Crippen LogP contribution in [0.2, 0.25) is 0 Å². The van der Waals surface area contributed by atoms with E-state index in [1.54, 1.807) is 0 Å². The summed E-state index contributed by atoms with van der Waals surface area (Å²) in [4.78, 5) is 4.80. The summed E-state index contributed by atoms with van der Waals surface area (Å²) in [5, 5.41) is 3.59. The number of nitrogens with zero attached hydrogens (tertiary/aromatic N) is 2. The Labute approximate surface area is 126 Å². The molecule has 1 aliphatic heterocycles. The van der Waals surface area contributed by atoms with E-state index in [0.717, 1.165) is 37.3 Å². The summed E-state index contributed by atoms with van der Waals surface area (Å²) >= 11 is 0. The van der Waals surface area contributed by atoms with Gasteiger partial charge in [0.15, 0.2) is 0 Å². The molecule has 3 rings (SSSR count). The highest BCUT2D eigenvalue weighted by Gasteiger charge is 2.25. The lowest BCUT2D eigenvalue weighted by Gasteiger charge is -2.31. The fourth-order valence-electron chi connectivity index (χ4n) is 3.25. The Morgan fingerprint density at radius 1 is 1.38 bits per heavy atom. The van der Waals surface area contributed by atoms with Gasteiger partial charge in [0.05, 0.1) is 17.1 Å². The van der Waals surface area contributed by atoms with Gasteiger partial charge in [-0.2, -0.15) is 0 Å². The van der Waals surface area contributed by atoms with Gasteiger partial charge in [-0.15, -0.1) is 0 Å². The minimum atomic E-state index is 0.318. The van der Waals surface area contributed by atoms with Crippen molar-refractivity contribution in [1.82, 2.24) is 14.9 Å². The van der Waals surface area contributed by atoms with Gasteiger partial charge in [-0.1, -0.05) is 19.1 Å². The highest BCUT2D eigenvalue weighted by Crippen LogP contribution is 2.20. The first-order valence-corrected chi connectivity index (χ1v) is 8.05. The Balaban J connectivity index is 1.81. The lowest BCUT2D eigenvalue weighted by molar-refractivity contribution is -0.00756. The average Bonchev–Trinajstić information content (AvgIpc) is 2.84. The molecule has 1 aromatic heterocycles. The maximum absolute atomic E-state index is 5.98. The second kappa shape index (κ2) is 6.58. The van der Waals surface area contributed by atoms with Crippen LogP contribution in [0.1, 0.15) is 32.0 Å². The second-order valence-electron chi connectivity index (χ2n) is 5.85. The number of benzene rings is 1. The van der Waals surface area contributed by atoms with Crippen LogP contribution in [0, 0.1) is 0 Å². The fraction of sp³-hybridized carbons (Fsp3) is 0.588. The summed E-state index contributed by atoms with van der Waals surface area (Å²) in [6, 6.07) is 8.68. The van der Waals surface area contributed by atoms with Crippen LogP contribution in [-0.2, 0) is 18.2 Å². The first kappa shape index (κ1) is 14.5. The third-order valence-electron chi connectivity index (χ3n) is 4.41. The third kappa shape index (κ3) is 3.11. The van der Waals surface area contributed by atoms with Crippen LogP contribution in [0.3, 0.4) is 0 Å². The topological polar surface area (TPSA) is 39.1 Å². The Morgan fingerprint density at radius 3 is 2.95 bits per heavy atom. The van der Waals surface area contributed by atoms with Crippen molar-refractivity contribution in [2.45, 2.75) is 44.8 Å². The minimum Gasteiger partial charge on any atom is -0.377 e. The Hall–Kier alpha value is -1.39. The maximum atomic E-state index is 5.98. The minimum absolute atomic E-state index is 0.318. The number of aromatic nitrogens is 2. The molecule has 1 saturated heterocycles. The maximum Gasteiger partial charge on any atom is 0.111 e. The summed E-state index contributed by atoms with van der Waals surface area (Å²) in [6.07, 6.45) is 4.86. The smallest absolute Gasteiger partial charge is 0.111 e. The summed E-state index contributed by atoms with van der Waals surface area (Å²) in [7, 11) is 2.11. The van der Waals surface area contributed by atoms with Crippen LogP contribution < -0.4 is 5.32 Å². The first-order chi connectivity index (χ1) is 10.3. The molecule has 4 heteroatoms. The van der Waals surface area contributed by atoms with Gasteiger partial charge in [0, 0.05) is 26.1 Å². The number of hydrogen-bond acceptors (Lipinski definition) is 3. The molecule has 0 amide bonds. The van der Waals surface area contributed by atoms with E-state index in [1.807, 2.05) is 6.07 Å². The predicted molar refractivity (Wildman–Crippen MR) is 85.5 cm³/mol. The van der Waals surface area contributed by atoms with Crippen LogP contribution in [0.4, 0.5) is 0 Å². The van der Waals surface area contributed by atoms with Crippen molar-refractivity contribution in [3.63, 3.8) is 0 Å². The standard InChI is InChI=1S/C17H25N3O/c1-3-18-14(16-10-6-7-11-21-16)12-17-19-13-8-4-5-9-15(13)20(17)2/h4-5,8-9,14,16,18H,3,6-7,10-12H2,1-2H3. The zero-order valence-corrected chi connectivity index (χ0v) is 13.0. The van der Waals surface area contributed by atoms with E-state index in [0.29, 0.717) is 12.1 Å². The van der Waals surface area contributed by atoms with Crippen LogP contribution in [0.25, 0.3) is 11.0 Å². The van der Waals surface area contributed by atoms with E-state index in [-0.39, 0.29) is 0 Å². The highest BCUT2D eigenvalue weighted by atomic mass is 16.5. The summed E-state index contributed by atoms with van der Waals surface area (Å²) in [5.41, 5.74) is 2.28. The van der Waals surface area contributed by atoms with Crippen molar-refractivity contribution in [2.24, 2.45) is 7.05 Å². The lowest BCUT2D eigenvalue weighted by Crippen LogP contribution is -2.44. The molecule has 2 unspecified atom stereocenters. The molecule has 2 aromatic rings. The number of hydrogen-bond donors (Lipinski definition) is 1. The van der Waals surface area contributed by atoms with Gasteiger partial charge < -0.3 is 14.6 Å². The molecule has 1 aliphatic rings. The lowest BCUT2D eigenvalue weighted by atomic mass is 9.99. The number of likely N-dealkylation sites (N-methyl/N-ethyl adjacent to an activating group) is 1. The Kier molecular flexibility index (Phi) is 4.56. The van der Waals surface area contributed by atoms with Gasteiger partial charge in [0.1, 0.15) is 5.82 Å². The molecule has 1 fully saturated rings. The number of rotatable bonds is 5. The van der Waals surface area contributed by atoms with Crippen molar-refractivity contribution in [3.05, 3.63) is 30.1 Å². The van der Waals surface area contributed by atoms with Gasteiger partial charge >= 0.3 is 0 Å². The molecule has 4 nitrogen and oxygen atoms in total. The number of fused-ring (bicyclic) bond motifs is 1. The van der Waals surface area contributed by atoms with E-state index in [4.69, 9.17) is 9.72 Å². The summed E-state index contributed by atoms with van der Waals surface area (Å²) in [6.45, 7) is 4.02. The van der Waals surface area contributed by atoms with Gasteiger partial charge in [-0.3, -0.25) is 0 Å².